The summed E-state index contributed by atoms with van der Waals surface area (Å²) in [7, 11) is -1.18. The van der Waals surface area contributed by atoms with Gasteiger partial charge in [0, 0.05) is 31.7 Å². The van der Waals surface area contributed by atoms with Crippen molar-refractivity contribution >= 4 is 15.9 Å². The van der Waals surface area contributed by atoms with E-state index in [2.05, 4.69) is 10.4 Å². The fraction of sp³-hybridized carbons (Fsp3) is 0.750. The number of carbonyl (C=O) groups excluding carboxylic acids is 1. The Morgan fingerprint density at radius 2 is 1.92 bits per heavy atom. The van der Waals surface area contributed by atoms with Crippen LogP contribution in [0.1, 0.15) is 42.6 Å². The van der Waals surface area contributed by atoms with Crippen LogP contribution in [-0.4, -0.2) is 47.8 Å². The SMILES string of the molecule is Cn1nc(CNC(=O)C2CCN(S(C)(=O)=O)CC2)c2c1CCCC2. The number of sulfonamides is 1. The molecule has 0 saturated carbocycles. The average Bonchev–Trinajstić information content (AvgIpc) is 2.89. The fourth-order valence-corrected chi connectivity index (χ4v) is 4.64. The van der Waals surface area contributed by atoms with Gasteiger partial charge >= 0.3 is 0 Å². The number of hydrogen-bond donors (Lipinski definition) is 1. The van der Waals surface area contributed by atoms with Crippen LogP contribution < -0.4 is 5.32 Å². The third kappa shape index (κ3) is 3.64. The fourth-order valence-electron chi connectivity index (χ4n) is 3.77. The van der Waals surface area contributed by atoms with Gasteiger partial charge in [-0.25, -0.2) is 12.7 Å². The zero-order valence-corrected chi connectivity index (χ0v) is 15.2. The van der Waals surface area contributed by atoms with Gasteiger partial charge in [0.25, 0.3) is 0 Å². The number of nitrogens with one attached hydrogen (secondary N) is 1. The maximum absolute atomic E-state index is 12.4. The van der Waals surface area contributed by atoms with Gasteiger partial charge in [0.15, 0.2) is 0 Å². The molecule has 1 aromatic rings. The Kier molecular flexibility index (Phi) is 4.96. The molecule has 3 rings (SSSR count). The molecule has 1 aliphatic carbocycles. The molecule has 1 aromatic heterocycles. The Hall–Kier alpha value is -1.41. The molecule has 2 heterocycles. The number of fused-ring (bicyclic) bond motifs is 1. The van der Waals surface area contributed by atoms with Crippen LogP contribution in [0, 0.1) is 5.92 Å². The third-order valence-electron chi connectivity index (χ3n) is 5.17. The van der Waals surface area contributed by atoms with Gasteiger partial charge in [0.05, 0.1) is 18.5 Å². The van der Waals surface area contributed by atoms with Gasteiger partial charge in [-0.3, -0.25) is 9.48 Å². The summed E-state index contributed by atoms with van der Waals surface area (Å²) in [6, 6.07) is 0. The molecule has 0 radical (unpaired) electrons. The smallest absolute Gasteiger partial charge is 0.223 e. The monoisotopic (exact) mass is 354 g/mol. The molecule has 8 heteroatoms. The van der Waals surface area contributed by atoms with E-state index in [0.717, 1.165) is 18.5 Å². The number of hydrogen-bond acceptors (Lipinski definition) is 4. The van der Waals surface area contributed by atoms with Crippen molar-refractivity contribution in [2.75, 3.05) is 19.3 Å². The first kappa shape index (κ1) is 17.4. The quantitative estimate of drug-likeness (QED) is 0.857. The van der Waals surface area contributed by atoms with Crippen molar-refractivity contribution in [2.45, 2.75) is 45.1 Å². The number of aryl methyl sites for hydroxylation is 1. The average molecular weight is 354 g/mol. The molecule has 2 aliphatic rings. The molecule has 0 bridgehead atoms. The number of carbonyl (C=O) groups is 1. The minimum atomic E-state index is -3.15. The Labute approximate surface area is 143 Å². The van der Waals surface area contributed by atoms with Gasteiger partial charge in [-0.1, -0.05) is 0 Å². The van der Waals surface area contributed by atoms with Gasteiger partial charge in [0.2, 0.25) is 15.9 Å². The minimum absolute atomic E-state index is 0.0124. The first-order chi connectivity index (χ1) is 11.4. The summed E-state index contributed by atoms with van der Waals surface area (Å²) in [5.41, 5.74) is 3.58. The standard InChI is InChI=1S/C16H26N4O3S/c1-19-15-6-4-3-5-13(15)14(18-19)11-17-16(21)12-7-9-20(10-8-12)24(2,22)23/h12H,3-11H2,1-2H3,(H,17,21). The Morgan fingerprint density at radius 3 is 2.58 bits per heavy atom. The van der Waals surface area contributed by atoms with E-state index < -0.39 is 10.0 Å². The summed E-state index contributed by atoms with van der Waals surface area (Å²) in [4.78, 5) is 12.4. The van der Waals surface area contributed by atoms with Gasteiger partial charge in [0.1, 0.15) is 0 Å². The number of aromatic nitrogens is 2. The minimum Gasteiger partial charge on any atom is -0.350 e. The van der Waals surface area contributed by atoms with Crippen molar-refractivity contribution in [1.29, 1.82) is 0 Å². The van der Waals surface area contributed by atoms with Gasteiger partial charge in [-0.05, 0) is 44.1 Å². The van der Waals surface area contributed by atoms with E-state index in [1.807, 2.05) is 11.7 Å². The summed E-state index contributed by atoms with van der Waals surface area (Å²) >= 11 is 0. The lowest BCUT2D eigenvalue weighted by atomic mass is 9.95. The molecule has 0 aromatic carbocycles. The predicted molar refractivity (Wildman–Crippen MR) is 90.8 cm³/mol. The third-order valence-corrected chi connectivity index (χ3v) is 6.48. The van der Waals surface area contributed by atoms with Crippen molar-refractivity contribution in [2.24, 2.45) is 13.0 Å². The molecule has 1 fully saturated rings. The summed E-state index contributed by atoms with van der Waals surface area (Å²) < 4.78 is 26.4. The maximum atomic E-state index is 12.4. The normalized spacial score (nSPS) is 19.9. The largest absolute Gasteiger partial charge is 0.350 e. The Balaban J connectivity index is 1.55. The van der Waals surface area contributed by atoms with E-state index in [1.54, 1.807) is 0 Å². The van der Waals surface area contributed by atoms with E-state index in [9.17, 15) is 13.2 Å². The maximum Gasteiger partial charge on any atom is 0.223 e. The second-order valence-corrected chi connectivity index (χ2v) is 8.84. The van der Waals surface area contributed by atoms with Crippen LogP contribution in [0.5, 0.6) is 0 Å². The van der Waals surface area contributed by atoms with E-state index in [0.29, 0.717) is 32.5 Å². The summed E-state index contributed by atoms with van der Waals surface area (Å²) in [5, 5.41) is 7.57. The molecule has 0 unspecified atom stereocenters. The zero-order chi connectivity index (χ0) is 17.3. The Morgan fingerprint density at radius 1 is 1.25 bits per heavy atom. The molecule has 0 atom stereocenters. The van der Waals surface area contributed by atoms with Crippen molar-refractivity contribution in [3.05, 3.63) is 17.0 Å². The molecule has 7 nitrogen and oxygen atoms in total. The van der Waals surface area contributed by atoms with Gasteiger partial charge in [-0.15, -0.1) is 0 Å². The number of nitrogens with zero attached hydrogens (tertiary/aromatic N) is 3. The highest BCUT2D eigenvalue weighted by atomic mass is 32.2. The first-order valence-electron chi connectivity index (χ1n) is 8.62. The van der Waals surface area contributed by atoms with Crippen LogP contribution >= 0.6 is 0 Å². The predicted octanol–water partition coefficient (Wildman–Crippen LogP) is 0.587. The molecule has 134 valence electrons. The van der Waals surface area contributed by atoms with E-state index in [-0.39, 0.29) is 11.8 Å². The molecule has 1 aliphatic heterocycles. The molecule has 24 heavy (non-hydrogen) atoms. The van der Waals surface area contributed by atoms with Gasteiger partial charge in [-0.2, -0.15) is 5.10 Å². The van der Waals surface area contributed by atoms with Crippen molar-refractivity contribution in [3.8, 4) is 0 Å². The molecule has 1 N–H and O–H groups in total. The number of rotatable bonds is 4. The van der Waals surface area contributed by atoms with Crippen LogP contribution in [0.15, 0.2) is 0 Å². The number of amides is 1. The highest BCUT2D eigenvalue weighted by Gasteiger charge is 2.29. The van der Waals surface area contributed by atoms with Gasteiger partial charge < -0.3 is 5.32 Å². The van der Waals surface area contributed by atoms with Crippen molar-refractivity contribution in [3.63, 3.8) is 0 Å². The van der Waals surface area contributed by atoms with E-state index in [1.165, 1.54) is 34.7 Å². The van der Waals surface area contributed by atoms with E-state index >= 15 is 0 Å². The summed E-state index contributed by atoms with van der Waals surface area (Å²) in [6.45, 7) is 1.32. The lowest BCUT2D eigenvalue weighted by molar-refractivity contribution is -0.126. The van der Waals surface area contributed by atoms with Crippen LogP contribution in [0.3, 0.4) is 0 Å². The summed E-state index contributed by atoms with van der Waals surface area (Å²) in [6.07, 6.45) is 6.88. The topological polar surface area (TPSA) is 84.3 Å². The molecular formula is C16H26N4O3S. The summed E-state index contributed by atoms with van der Waals surface area (Å²) in [5.74, 6) is -0.0964. The van der Waals surface area contributed by atoms with Crippen molar-refractivity contribution in [1.82, 2.24) is 19.4 Å². The Bertz CT molecular complexity index is 718. The molecule has 0 spiro atoms. The second kappa shape index (κ2) is 6.84. The highest BCUT2D eigenvalue weighted by molar-refractivity contribution is 7.88. The van der Waals surface area contributed by atoms with Crippen LogP contribution in [0.25, 0.3) is 0 Å². The molecule has 1 amide bonds. The number of piperidine rings is 1. The lowest BCUT2D eigenvalue weighted by Crippen LogP contribution is -2.42. The van der Waals surface area contributed by atoms with Crippen molar-refractivity contribution < 1.29 is 13.2 Å². The van der Waals surface area contributed by atoms with Crippen LogP contribution in [0.2, 0.25) is 0 Å². The molecule has 1 saturated heterocycles. The van der Waals surface area contributed by atoms with E-state index in [4.69, 9.17) is 0 Å². The zero-order valence-electron chi connectivity index (χ0n) is 14.4. The lowest BCUT2D eigenvalue weighted by Gasteiger charge is -2.29. The second-order valence-electron chi connectivity index (χ2n) is 6.86. The molecular weight excluding hydrogens is 328 g/mol. The highest BCUT2D eigenvalue weighted by Crippen LogP contribution is 2.24. The first-order valence-corrected chi connectivity index (χ1v) is 10.5. The van der Waals surface area contributed by atoms with Crippen LogP contribution in [0.4, 0.5) is 0 Å². The van der Waals surface area contributed by atoms with Crippen LogP contribution in [-0.2, 0) is 41.3 Å².